The molecule has 0 unspecified atom stereocenters. The second-order valence-electron chi connectivity index (χ2n) is 7.43. The van der Waals surface area contributed by atoms with Crippen molar-refractivity contribution in [3.8, 4) is 11.1 Å². The van der Waals surface area contributed by atoms with Gasteiger partial charge in [-0.15, -0.1) is 0 Å². The monoisotopic (exact) mass is 461 g/mol. The van der Waals surface area contributed by atoms with Gasteiger partial charge < -0.3 is 10.2 Å². The Morgan fingerprint density at radius 3 is 2.06 bits per heavy atom. The van der Waals surface area contributed by atoms with E-state index in [-0.39, 0.29) is 16.3 Å². The minimum atomic E-state index is -4.61. The third kappa shape index (κ3) is 4.73. The molecule has 0 amide bonds. The fourth-order valence-electron chi connectivity index (χ4n) is 3.74. The Morgan fingerprint density at radius 1 is 0.812 bits per heavy atom. The molecule has 0 saturated carbocycles. The number of rotatable bonds is 5. The number of nitrogens with one attached hydrogen (secondary N) is 2. The van der Waals surface area contributed by atoms with Gasteiger partial charge in [-0.2, -0.15) is 13.2 Å². The molecule has 5 nitrogen and oxygen atoms in total. The van der Waals surface area contributed by atoms with Crippen molar-refractivity contribution in [1.82, 2.24) is 5.32 Å². The number of halogens is 3. The fraction of sp³-hybridized carbons (Fsp3) is 0.217. The van der Waals surface area contributed by atoms with Crippen molar-refractivity contribution in [2.75, 3.05) is 35.8 Å². The van der Waals surface area contributed by atoms with Gasteiger partial charge in [0, 0.05) is 26.2 Å². The SMILES string of the molecule is O=S(=O)(Nc1cccc(C(F)(F)F)c1N1CCNCC1)c1ccc(-c2ccccc2)cc1. The zero-order valence-corrected chi connectivity index (χ0v) is 17.9. The highest BCUT2D eigenvalue weighted by atomic mass is 32.2. The molecule has 4 rings (SSSR count). The van der Waals surface area contributed by atoms with Gasteiger partial charge in [0.05, 0.1) is 21.8 Å². The van der Waals surface area contributed by atoms with Crippen LogP contribution in [0.4, 0.5) is 24.5 Å². The summed E-state index contributed by atoms with van der Waals surface area (Å²) in [6.07, 6.45) is -4.61. The summed E-state index contributed by atoms with van der Waals surface area (Å²) in [7, 11) is -4.10. The van der Waals surface area contributed by atoms with Crippen molar-refractivity contribution in [3.05, 3.63) is 78.4 Å². The first-order chi connectivity index (χ1) is 15.3. The summed E-state index contributed by atoms with van der Waals surface area (Å²) in [5, 5.41) is 3.09. The quantitative estimate of drug-likeness (QED) is 0.584. The van der Waals surface area contributed by atoms with Gasteiger partial charge in [-0.05, 0) is 35.4 Å². The van der Waals surface area contributed by atoms with E-state index < -0.39 is 21.8 Å². The number of hydrogen-bond acceptors (Lipinski definition) is 4. The first-order valence-corrected chi connectivity index (χ1v) is 11.6. The van der Waals surface area contributed by atoms with Crippen molar-refractivity contribution in [2.24, 2.45) is 0 Å². The maximum Gasteiger partial charge on any atom is 0.418 e. The van der Waals surface area contributed by atoms with E-state index in [0.29, 0.717) is 26.2 Å². The zero-order chi connectivity index (χ0) is 22.8. The zero-order valence-electron chi connectivity index (χ0n) is 17.1. The van der Waals surface area contributed by atoms with Gasteiger partial charge in [0.25, 0.3) is 10.0 Å². The van der Waals surface area contributed by atoms with E-state index in [0.717, 1.165) is 17.2 Å². The molecule has 32 heavy (non-hydrogen) atoms. The molecular weight excluding hydrogens is 439 g/mol. The molecule has 1 aliphatic rings. The van der Waals surface area contributed by atoms with Crippen molar-refractivity contribution in [2.45, 2.75) is 11.1 Å². The van der Waals surface area contributed by atoms with E-state index in [2.05, 4.69) is 10.0 Å². The van der Waals surface area contributed by atoms with E-state index in [1.54, 1.807) is 17.0 Å². The number of benzene rings is 3. The number of anilines is 2. The number of piperazine rings is 1. The standard InChI is InChI=1S/C23H22F3N3O2S/c24-23(25,26)20-7-4-8-21(22(20)29-15-13-27-14-16-29)28-32(30,31)19-11-9-18(10-12-19)17-5-2-1-3-6-17/h1-12,27-28H,13-16H2. The van der Waals surface area contributed by atoms with Crippen LogP contribution in [0.3, 0.4) is 0 Å². The van der Waals surface area contributed by atoms with E-state index in [1.807, 2.05) is 30.3 Å². The number of sulfonamides is 1. The summed E-state index contributed by atoms with van der Waals surface area (Å²) in [5.41, 5.74) is 0.673. The molecule has 0 bridgehead atoms. The van der Waals surface area contributed by atoms with Gasteiger partial charge in [-0.1, -0.05) is 48.5 Å². The second-order valence-corrected chi connectivity index (χ2v) is 9.11. The third-order valence-corrected chi connectivity index (χ3v) is 6.67. The van der Waals surface area contributed by atoms with Crippen LogP contribution in [-0.2, 0) is 16.2 Å². The largest absolute Gasteiger partial charge is 0.418 e. The minimum absolute atomic E-state index is 0.0270. The van der Waals surface area contributed by atoms with Gasteiger partial charge in [0.15, 0.2) is 0 Å². The van der Waals surface area contributed by atoms with Crippen molar-refractivity contribution in [1.29, 1.82) is 0 Å². The topological polar surface area (TPSA) is 61.4 Å². The molecule has 0 radical (unpaired) electrons. The van der Waals surface area contributed by atoms with Crippen molar-refractivity contribution in [3.63, 3.8) is 0 Å². The van der Waals surface area contributed by atoms with E-state index >= 15 is 0 Å². The Balaban J connectivity index is 1.68. The Bertz CT molecular complexity index is 1180. The van der Waals surface area contributed by atoms with Crippen LogP contribution in [0.2, 0.25) is 0 Å². The van der Waals surface area contributed by atoms with E-state index in [4.69, 9.17) is 0 Å². The lowest BCUT2D eigenvalue weighted by atomic mass is 10.1. The molecule has 0 aliphatic carbocycles. The molecule has 0 spiro atoms. The van der Waals surface area contributed by atoms with Crippen molar-refractivity contribution < 1.29 is 21.6 Å². The summed E-state index contributed by atoms with van der Waals surface area (Å²) in [5.74, 6) is 0. The predicted octanol–water partition coefficient (Wildman–Crippen LogP) is 4.58. The molecule has 1 heterocycles. The van der Waals surface area contributed by atoms with Crippen LogP contribution in [0.1, 0.15) is 5.56 Å². The lowest BCUT2D eigenvalue weighted by molar-refractivity contribution is -0.137. The average molecular weight is 462 g/mol. The van der Waals surface area contributed by atoms with Crippen LogP contribution in [-0.4, -0.2) is 34.6 Å². The van der Waals surface area contributed by atoms with Crippen LogP contribution in [0.25, 0.3) is 11.1 Å². The van der Waals surface area contributed by atoms with Crippen LogP contribution in [0.5, 0.6) is 0 Å². The summed E-state index contributed by atoms with van der Waals surface area (Å²) in [4.78, 5) is 1.54. The molecule has 1 aliphatic heterocycles. The Labute approximate surface area is 184 Å². The highest BCUT2D eigenvalue weighted by Gasteiger charge is 2.37. The number of hydrogen-bond donors (Lipinski definition) is 2. The van der Waals surface area contributed by atoms with Crippen molar-refractivity contribution >= 4 is 21.4 Å². The Hall–Kier alpha value is -3.04. The summed E-state index contributed by atoms with van der Waals surface area (Å²) < 4.78 is 69.6. The molecule has 1 fully saturated rings. The average Bonchev–Trinajstić information content (AvgIpc) is 2.79. The molecule has 1 saturated heterocycles. The number of para-hydroxylation sites is 1. The first-order valence-electron chi connectivity index (χ1n) is 10.1. The summed E-state index contributed by atoms with van der Waals surface area (Å²) >= 11 is 0. The smallest absolute Gasteiger partial charge is 0.367 e. The summed E-state index contributed by atoms with van der Waals surface area (Å²) in [6.45, 7) is 1.71. The van der Waals surface area contributed by atoms with Crippen LogP contribution in [0.15, 0.2) is 77.7 Å². The van der Waals surface area contributed by atoms with Crippen LogP contribution in [0, 0.1) is 0 Å². The fourth-order valence-corrected chi connectivity index (χ4v) is 4.81. The predicted molar refractivity (Wildman–Crippen MR) is 119 cm³/mol. The highest BCUT2D eigenvalue weighted by molar-refractivity contribution is 7.92. The minimum Gasteiger partial charge on any atom is -0.367 e. The molecule has 168 valence electrons. The van der Waals surface area contributed by atoms with E-state index in [1.165, 1.54) is 24.3 Å². The third-order valence-electron chi connectivity index (χ3n) is 5.29. The van der Waals surface area contributed by atoms with E-state index in [9.17, 15) is 21.6 Å². The van der Waals surface area contributed by atoms with Gasteiger partial charge in [0.2, 0.25) is 0 Å². The molecule has 0 atom stereocenters. The van der Waals surface area contributed by atoms with Crippen LogP contribution >= 0.6 is 0 Å². The second kappa shape index (κ2) is 8.84. The van der Waals surface area contributed by atoms with Gasteiger partial charge in [-0.3, -0.25) is 4.72 Å². The first kappa shape index (κ1) is 22.2. The van der Waals surface area contributed by atoms with Gasteiger partial charge >= 0.3 is 6.18 Å². The number of alkyl halides is 3. The lowest BCUT2D eigenvalue weighted by Crippen LogP contribution is -2.44. The molecule has 0 aromatic heterocycles. The number of nitrogens with zero attached hydrogens (tertiary/aromatic N) is 1. The van der Waals surface area contributed by atoms with Crippen LogP contribution < -0.4 is 14.9 Å². The normalized spacial score (nSPS) is 14.9. The Kier molecular flexibility index (Phi) is 6.12. The highest BCUT2D eigenvalue weighted by Crippen LogP contribution is 2.41. The molecule has 2 N–H and O–H groups in total. The van der Waals surface area contributed by atoms with Gasteiger partial charge in [-0.25, -0.2) is 8.42 Å². The molecular formula is C23H22F3N3O2S. The maximum absolute atomic E-state index is 13.7. The van der Waals surface area contributed by atoms with Gasteiger partial charge in [0.1, 0.15) is 0 Å². The molecule has 9 heteroatoms. The molecule has 3 aromatic rings. The lowest BCUT2D eigenvalue weighted by Gasteiger charge is -2.33. The molecule has 3 aromatic carbocycles. The Morgan fingerprint density at radius 2 is 1.44 bits per heavy atom. The maximum atomic E-state index is 13.7. The summed E-state index contributed by atoms with van der Waals surface area (Å²) in [6, 6.07) is 19.3.